The maximum Gasteiger partial charge on any atom is 0.273 e. The lowest BCUT2D eigenvalue weighted by atomic mass is 9.93. The fraction of sp³-hybridized carbons (Fsp3) is 0.400. The van der Waals surface area contributed by atoms with Gasteiger partial charge in [-0.1, -0.05) is 6.08 Å². The van der Waals surface area contributed by atoms with Crippen molar-refractivity contribution in [1.82, 2.24) is 15.0 Å². The molecule has 3 aliphatic rings. The summed E-state index contributed by atoms with van der Waals surface area (Å²) in [6.07, 6.45) is 7.70. The lowest BCUT2D eigenvalue weighted by Crippen LogP contribution is -2.30. The summed E-state index contributed by atoms with van der Waals surface area (Å²) < 4.78 is 1.84. The Hall–Kier alpha value is -2.21. The second-order valence-corrected chi connectivity index (χ2v) is 5.70. The van der Waals surface area contributed by atoms with Crippen LogP contribution in [0.5, 0.6) is 0 Å². The zero-order valence-corrected chi connectivity index (χ0v) is 11.6. The summed E-state index contributed by atoms with van der Waals surface area (Å²) in [6.45, 7) is 1.94. The molecular formula is C15H17N5O. The molecule has 1 atom stereocenters. The molecule has 4 rings (SSSR count). The van der Waals surface area contributed by atoms with Gasteiger partial charge in [0.1, 0.15) is 11.7 Å². The number of piperidine rings is 1. The molecule has 1 aromatic heterocycles. The average molecular weight is 283 g/mol. The smallest absolute Gasteiger partial charge is 0.273 e. The number of aromatic nitrogens is 2. The molecule has 0 saturated carbocycles. The van der Waals surface area contributed by atoms with E-state index in [1.54, 1.807) is 6.07 Å². The first-order valence-corrected chi connectivity index (χ1v) is 7.31. The zero-order chi connectivity index (χ0) is 14.4. The van der Waals surface area contributed by atoms with E-state index in [0.29, 0.717) is 17.4 Å². The lowest BCUT2D eigenvalue weighted by molar-refractivity contribution is 0.439. The predicted octanol–water partition coefficient (Wildman–Crippen LogP) is 0.424. The van der Waals surface area contributed by atoms with Crippen LogP contribution in [0.25, 0.3) is 0 Å². The molecule has 0 amide bonds. The molecule has 1 saturated heterocycles. The minimum absolute atomic E-state index is 0.177. The monoisotopic (exact) mass is 283 g/mol. The minimum Gasteiger partial charge on any atom is -0.401 e. The molecule has 3 heterocycles. The van der Waals surface area contributed by atoms with Crippen LogP contribution in [-0.2, 0) is 0 Å². The summed E-state index contributed by atoms with van der Waals surface area (Å²) in [6, 6.07) is 1.63. The van der Waals surface area contributed by atoms with Gasteiger partial charge in [-0.05, 0) is 38.1 Å². The predicted molar refractivity (Wildman–Crippen MR) is 80.3 cm³/mol. The van der Waals surface area contributed by atoms with E-state index in [1.807, 2.05) is 22.9 Å². The Kier molecular flexibility index (Phi) is 2.78. The molecule has 1 fully saturated rings. The summed E-state index contributed by atoms with van der Waals surface area (Å²) in [7, 11) is 0. The van der Waals surface area contributed by atoms with Crippen molar-refractivity contribution in [3.05, 3.63) is 51.9 Å². The first kappa shape index (κ1) is 12.5. The van der Waals surface area contributed by atoms with Crippen molar-refractivity contribution in [1.29, 1.82) is 0 Å². The zero-order valence-electron chi connectivity index (χ0n) is 11.6. The highest BCUT2D eigenvalue weighted by atomic mass is 16.1. The van der Waals surface area contributed by atoms with Crippen LogP contribution in [0.2, 0.25) is 0 Å². The van der Waals surface area contributed by atoms with E-state index < -0.39 is 0 Å². The van der Waals surface area contributed by atoms with Crippen LogP contribution < -0.4 is 16.6 Å². The highest BCUT2D eigenvalue weighted by Gasteiger charge is 2.34. The van der Waals surface area contributed by atoms with E-state index in [1.165, 1.54) is 0 Å². The van der Waals surface area contributed by atoms with Gasteiger partial charge in [-0.2, -0.15) is 10.1 Å². The quantitative estimate of drug-likeness (QED) is 0.782. The fourth-order valence-corrected chi connectivity index (χ4v) is 3.33. The van der Waals surface area contributed by atoms with Crippen molar-refractivity contribution >= 4 is 5.71 Å². The Morgan fingerprint density at radius 2 is 2.14 bits per heavy atom. The fourth-order valence-electron chi connectivity index (χ4n) is 3.33. The van der Waals surface area contributed by atoms with Gasteiger partial charge in [-0.25, -0.2) is 4.68 Å². The number of hydrogen-bond donors (Lipinski definition) is 2. The van der Waals surface area contributed by atoms with Gasteiger partial charge in [-0.15, -0.1) is 0 Å². The summed E-state index contributed by atoms with van der Waals surface area (Å²) in [4.78, 5) is 16.2. The minimum atomic E-state index is -0.200. The highest BCUT2D eigenvalue weighted by Crippen LogP contribution is 2.33. The Morgan fingerprint density at radius 3 is 2.95 bits per heavy atom. The Labute approximate surface area is 122 Å². The maximum atomic E-state index is 12.0. The molecule has 0 spiro atoms. The lowest BCUT2D eigenvalue weighted by Gasteiger charge is -2.24. The average Bonchev–Trinajstić information content (AvgIpc) is 2.87. The third-order valence-electron chi connectivity index (χ3n) is 4.37. The largest absolute Gasteiger partial charge is 0.401 e. The topological polar surface area (TPSA) is 85.3 Å². The summed E-state index contributed by atoms with van der Waals surface area (Å²) >= 11 is 0. The van der Waals surface area contributed by atoms with Crippen molar-refractivity contribution in [2.75, 3.05) is 13.1 Å². The molecule has 6 heteroatoms. The highest BCUT2D eigenvalue weighted by molar-refractivity contribution is 6.04. The van der Waals surface area contributed by atoms with Crippen LogP contribution in [-0.4, -0.2) is 28.5 Å². The van der Waals surface area contributed by atoms with Gasteiger partial charge in [-0.3, -0.25) is 4.79 Å². The van der Waals surface area contributed by atoms with E-state index in [0.717, 1.165) is 37.3 Å². The molecule has 108 valence electrons. The summed E-state index contributed by atoms with van der Waals surface area (Å²) in [5.74, 6) is 0.827. The van der Waals surface area contributed by atoms with Gasteiger partial charge in [0.25, 0.3) is 5.56 Å². The standard InChI is InChI=1S/C15H17N5O/c16-10-2-1-3-11-14(10)15-18-13(21)8-12(20(15)19-11)9-4-6-17-7-5-9/h1-3,8-9,14,17H,4-7,16H2. The Balaban J connectivity index is 1.86. The maximum absolute atomic E-state index is 12.0. The van der Waals surface area contributed by atoms with Gasteiger partial charge >= 0.3 is 0 Å². The van der Waals surface area contributed by atoms with Crippen molar-refractivity contribution < 1.29 is 0 Å². The van der Waals surface area contributed by atoms with E-state index in [-0.39, 0.29) is 11.5 Å². The van der Waals surface area contributed by atoms with Gasteiger partial charge in [0.05, 0.1) is 11.4 Å². The van der Waals surface area contributed by atoms with Gasteiger partial charge < -0.3 is 11.1 Å². The number of fused-ring (bicyclic) bond motifs is 3. The van der Waals surface area contributed by atoms with Gasteiger partial charge in [0.15, 0.2) is 0 Å². The summed E-state index contributed by atoms with van der Waals surface area (Å²) in [5, 5.41) is 7.99. The van der Waals surface area contributed by atoms with Crippen molar-refractivity contribution in [3.63, 3.8) is 0 Å². The van der Waals surface area contributed by atoms with Gasteiger partial charge in [0.2, 0.25) is 0 Å². The molecule has 0 aromatic carbocycles. The molecule has 1 aromatic rings. The number of nitrogens with zero attached hydrogens (tertiary/aromatic N) is 3. The second kappa shape index (κ2) is 4.66. The number of allylic oxidation sites excluding steroid dienone is 4. The molecule has 1 aliphatic carbocycles. The van der Waals surface area contributed by atoms with Crippen LogP contribution >= 0.6 is 0 Å². The molecule has 21 heavy (non-hydrogen) atoms. The molecule has 0 radical (unpaired) electrons. The normalized spacial score (nSPS) is 24.3. The number of nitrogens with two attached hydrogens (primary N) is 1. The number of hydrogen-bond acceptors (Lipinski definition) is 5. The third-order valence-corrected chi connectivity index (χ3v) is 4.37. The van der Waals surface area contributed by atoms with Crippen LogP contribution in [0.15, 0.2) is 39.9 Å². The Morgan fingerprint density at radius 1 is 1.33 bits per heavy atom. The molecule has 3 N–H and O–H groups in total. The molecule has 6 nitrogen and oxygen atoms in total. The van der Waals surface area contributed by atoms with E-state index in [4.69, 9.17) is 5.73 Å². The van der Waals surface area contributed by atoms with Crippen LogP contribution in [0.3, 0.4) is 0 Å². The number of nitrogens with one attached hydrogen (secondary N) is 1. The van der Waals surface area contributed by atoms with Crippen molar-refractivity contribution in [2.45, 2.75) is 24.7 Å². The molecule has 2 aliphatic heterocycles. The Bertz CT molecular complexity index is 737. The van der Waals surface area contributed by atoms with Crippen molar-refractivity contribution in [2.24, 2.45) is 10.8 Å². The van der Waals surface area contributed by atoms with Crippen LogP contribution in [0.1, 0.15) is 36.2 Å². The summed E-state index contributed by atoms with van der Waals surface area (Å²) in [5.41, 5.74) is 8.40. The third kappa shape index (κ3) is 1.94. The second-order valence-electron chi connectivity index (χ2n) is 5.70. The molecule has 0 bridgehead atoms. The van der Waals surface area contributed by atoms with E-state index in [2.05, 4.69) is 15.4 Å². The number of rotatable bonds is 1. The first-order chi connectivity index (χ1) is 10.2. The van der Waals surface area contributed by atoms with E-state index in [9.17, 15) is 4.79 Å². The van der Waals surface area contributed by atoms with Crippen LogP contribution in [0, 0.1) is 0 Å². The van der Waals surface area contributed by atoms with Crippen LogP contribution in [0.4, 0.5) is 0 Å². The molecule has 1 unspecified atom stereocenters. The SMILES string of the molecule is NC1=CC=CC2=Nn3c(C4CCNCC4)cc(=O)nc3C12. The molecular weight excluding hydrogens is 266 g/mol. The van der Waals surface area contributed by atoms with Crippen molar-refractivity contribution in [3.8, 4) is 0 Å². The van der Waals surface area contributed by atoms with Gasteiger partial charge in [0, 0.05) is 17.7 Å². The van der Waals surface area contributed by atoms with E-state index >= 15 is 0 Å². The first-order valence-electron chi connectivity index (χ1n) is 7.31.